The molecule has 3 rings (SSSR count). The van der Waals surface area contributed by atoms with Crippen LogP contribution in [-0.4, -0.2) is 12.8 Å². The Bertz CT molecular complexity index is 347. The molecule has 14 heavy (non-hydrogen) atoms. The van der Waals surface area contributed by atoms with Gasteiger partial charge in [0.15, 0.2) is 11.5 Å². The van der Waals surface area contributed by atoms with Gasteiger partial charge in [-0.1, -0.05) is 0 Å². The normalized spacial score (nSPS) is 19.1. The summed E-state index contributed by atoms with van der Waals surface area (Å²) in [7, 11) is 0. The van der Waals surface area contributed by atoms with Gasteiger partial charge in [-0.25, -0.2) is 0 Å². The smallest absolute Gasteiger partial charge is 0.231 e. The van der Waals surface area contributed by atoms with Crippen LogP contribution in [0.2, 0.25) is 0 Å². The largest absolute Gasteiger partial charge is 0.454 e. The Morgan fingerprint density at radius 1 is 1.14 bits per heavy atom. The average Bonchev–Trinajstić information content (AvgIpc) is 2.58. The van der Waals surface area contributed by atoms with E-state index in [1.807, 2.05) is 18.2 Å². The first kappa shape index (κ1) is 7.97. The van der Waals surface area contributed by atoms with E-state index in [-0.39, 0.29) is 0 Å². The number of nitrogens with one attached hydrogen (secondary N) is 1. The van der Waals surface area contributed by atoms with Gasteiger partial charge in [-0.15, -0.1) is 0 Å². The van der Waals surface area contributed by atoms with Crippen LogP contribution in [0.1, 0.15) is 19.3 Å². The minimum atomic E-state index is 0.349. The van der Waals surface area contributed by atoms with Crippen molar-refractivity contribution in [2.75, 3.05) is 12.1 Å². The molecule has 74 valence electrons. The molecule has 1 aromatic carbocycles. The van der Waals surface area contributed by atoms with Gasteiger partial charge < -0.3 is 14.8 Å². The highest BCUT2D eigenvalue weighted by molar-refractivity contribution is 5.56. The predicted molar refractivity (Wildman–Crippen MR) is 53.8 cm³/mol. The predicted octanol–water partition coefficient (Wildman–Crippen LogP) is 2.38. The Morgan fingerprint density at radius 2 is 2.00 bits per heavy atom. The zero-order chi connectivity index (χ0) is 9.38. The summed E-state index contributed by atoms with van der Waals surface area (Å²) in [5.74, 6) is 1.71. The standard InChI is InChI=1S/C11H13NO2/c1-2-8(3-1)12-9-4-5-10-11(6-9)14-7-13-10/h4-6,8,12H,1-3,7H2. The Kier molecular flexibility index (Phi) is 1.76. The van der Waals surface area contributed by atoms with Gasteiger partial charge in [-0.3, -0.25) is 0 Å². The third-order valence-electron chi connectivity index (χ3n) is 2.85. The van der Waals surface area contributed by atoms with E-state index in [2.05, 4.69) is 5.32 Å². The molecule has 1 aliphatic carbocycles. The molecule has 0 saturated heterocycles. The van der Waals surface area contributed by atoms with Crippen LogP contribution < -0.4 is 14.8 Å². The van der Waals surface area contributed by atoms with Crippen molar-refractivity contribution < 1.29 is 9.47 Å². The molecule has 0 atom stereocenters. The first-order valence-corrected chi connectivity index (χ1v) is 5.08. The monoisotopic (exact) mass is 191 g/mol. The molecule has 0 spiro atoms. The van der Waals surface area contributed by atoms with Crippen LogP contribution in [0.5, 0.6) is 11.5 Å². The number of hydrogen-bond donors (Lipinski definition) is 1. The van der Waals surface area contributed by atoms with Crippen molar-refractivity contribution in [3.05, 3.63) is 18.2 Å². The number of benzene rings is 1. The van der Waals surface area contributed by atoms with Gasteiger partial charge >= 0.3 is 0 Å². The van der Waals surface area contributed by atoms with Crippen LogP contribution in [0.4, 0.5) is 5.69 Å². The quantitative estimate of drug-likeness (QED) is 0.778. The lowest BCUT2D eigenvalue weighted by Crippen LogP contribution is -2.26. The van der Waals surface area contributed by atoms with E-state index in [0.717, 1.165) is 17.2 Å². The van der Waals surface area contributed by atoms with E-state index in [1.54, 1.807) is 0 Å². The van der Waals surface area contributed by atoms with Crippen LogP contribution in [0, 0.1) is 0 Å². The van der Waals surface area contributed by atoms with Gasteiger partial charge in [0, 0.05) is 17.8 Å². The highest BCUT2D eigenvalue weighted by Crippen LogP contribution is 2.35. The fraction of sp³-hybridized carbons (Fsp3) is 0.455. The summed E-state index contributed by atoms with van der Waals surface area (Å²) in [6.45, 7) is 0.349. The molecular formula is C11H13NO2. The molecule has 0 bridgehead atoms. The molecule has 1 N–H and O–H groups in total. The summed E-state index contributed by atoms with van der Waals surface area (Å²) in [5.41, 5.74) is 1.14. The van der Waals surface area contributed by atoms with E-state index >= 15 is 0 Å². The van der Waals surface area contributed by atoms with E-state index in [0.29, 0.717) is 12.8 Å². The average molecular weight is 191 g/mol. The summed E-state index contributed by atoms with van der Waals surface area (Å²) in [6, 6.07) is 6.69. The summed E-state index contributed by atoms with van der Waals surface area (Å²) in [6.07, 6.45) is 3.92. The molecular weight excluding hydrogens is 178 g/mol. The first-order valence-electron chi connectivity index (χ1n) is 5.08. The topological polar surface area (TPSA) is 30.5 Å². The molecule has 0 aromatic heterocycles. The second-order valence-electron chi connectivity index (χ2n) is 3.84. The van der Waals surface area contributed by atoms with Crippen LogP contribution in [-0.2, 0) is 0 Å². The number of anilines is 1. The van der Waals surface area contributed by atoms with Crippen molar-refractivity contribution in [1.82, 2.24) is 0 Å². The number of rotatable bonds is 2. The summed E-state index contributed by atoms with van der Waals surface area (Å²) >= 11 is 0. The third-order valence-corrected chi connectivity index (χ3v) is 2.85. The fourth-order valence-corrected chi connectivity index (χ4v) is 1.77. The highest BCUT2D eigenvalue weighted by atomic mass is 16.7. The molecule has 0 amide bonds. The van der Waals surface area contributed by atoms with Crippen LogP contribution in [0.15, 0.2) is 18.2 Å². The lowest BCUT2D eigenvalue weighted by molar-refractivity contribution is 0.174. The number of ether oxygens (including phenoxy) is 2. The van der Waals surface area contributed by atoms with Crippen molar-refractivity contribution in [2.24, 2.45) is 0 Å². The second-order valence-corrected chi connectivity index (χ2v) is 3.84. The summed E-state index contributed by atoms with van der Waals surface area (Å²) < 4.78 is 10.6. The maximum atomic E-state index is 5.31. The van der Waals surface area contributed by atoms with Gasteiger partial charge in [0.05, 0.1) is 0 Å². The van der Waals surface area contributed by atoms with Crippen LogP contribution >= 0.6 is 0 Å². The van der Waals surface area contributed by atoms with Gasteiger partial charge in [0.25, 0.3) is 0 Å². The minimum Gasteiger partial charge on any atom is -0.454 e. The zero-order valence-corrected chi connectivity index (χ0v) is 7.95. The van der Waals surface area contributed by atoms with E-state index in [9.17, 15) is 0 Å². The molecule has 1 heterocycles. The van der Waals surface area contributed by atoms with Gasteiger partial charge in [0.2, 0.25) is 6.79 Å². The molecule has 2 aliphatic rings. The Morgan fingerprint density at radius 3 is 2.79 bits per heavy atom. The van der Waals surface area contributed by atoms with Crippen molar-refractivity contribution in [2.45, 2.75) is 25.3 Å². The van der Waals surface area contributed by atoms with Crippen molar-refractivity contribution >= 4 is 5.69 Å². The minimum absolute atomic E-state index is 0.349. The highest BCUT2D eigenvalue weighted by Gasteiger charge is 2.18. The van der Waals surface area contributed by atoms with Crippen LogP contribution in [0.25, 0.3) is 0 Å². The number of fused-ring (bicyclic) bond motifs is 1. The van der Waals surface area contributed by atoms with Crippen molar-refractivity contribution in [1.29, 1.82) is 0 Å². The molecule has 3 heteroatoms. The van der Waals surface area contributed by atoms with Crippen molar-refractivity contribution in [3.8, 4) is 11.5 Å². The van der Waals surface area contributed by atoms with E-state index in [1.165, 1.54) is 19.3 Å². The molecule has 3 nitrogen and oxygen atoms in total. The molecule has 0 unspecified atom stereocenters. The lowest BCUT2D eigenvalue weighted by atomic mass is 9.93. The number of hydrogen-bond acceptors (Lipinski definition) is 3. The molecule has 1 saturated carbocycles. The fourth-order valence-electron chi connectivity index (χ4n) is 1.77. The zero-order valence-electron chi connectivity index (χ0n) is 7.95. The third kappa shape index (κ3) is 1.29. The van der Waals surface area contributed by atoms with Gasteiger partial charge in [-0.05, 0) is 31.4 Å². The first-order chi connectivity index (χ1) is 6.92. The van der Waals surface area contributed by atoms with E-state index < -0.39 is 0 Å². The lowest BCUT2D eigenvalue weighted by Gasteiger charge is -2.27. The SMILES string of the molecule is c1cc2c(cc1NC1CCC1)OCO2. The van der Waals surface area contributed by atoms with Crippen LogP contribution in [0.3, 0.4) is 0 Å². The molecule has 0 radical (unpaired) electrons. The molecule has 1 aromatic rings. The summed E-state index contributed by atoms with van der Waals surface area (Å²) in [5, 5.41) is 3.47. The molecule has 1 aliphatic heterocycles. The Labute approximate surface area is 83.0 Å². The van der Waals surface area contributed by atoms with Crippen molar-refractivity contribution in [3.63, 3.8) is 0 Å². The summed E-state index contributed by atoms with van der Waals surface area (Å²) in [4.78, 5) is 0. The maximum absolute atomic E-state index is 5.31. The Hall–Kier alpha value is -1.38. The second kappa shape index (κ2) is 3.08. The van der Waals surface area contributed by atoms with Gasteiger partial charge in [0.1, 0.15) is 0 Å². The van der Waals surface area contributed by atoms with E-state index in [4.69, 9.17) is 9.47 Å². The molecule has 1 fully saturated rings. The maximum Gasteiger partial charge on any atom is 0.231 e. The Balaban J connectivity index is 1.78. The van der Waals surface area contributed by atoms with Gasteiger partial charge in [-0.2, -0.15) is 0 Å².